The molecule has 0 radical (unpaired) electrons. The molecule has 94 valence electrons. The Morgan fingerprint density at radius 2 is 1.94 bits per heavy atom. The lowest BCUT2D eigenvalue weighted by atomic mass is 10.2. The molecule has 1 saturated carbocycles. The second-order valence-corrected chi connectivity index (χ2v) is 4.52. The zero-order chi connectivity index (χ0) is 11.9. The van der Waals surface area contributed by atoms with E-state index in [1.807, 2.05) is 30.3 Å². The predicted octanol–water partition coefficient (Wildman–Crippen LogP) is 2.35. The van der Waals surface area contributed by atoms with E-state index in [9.17, 15) is 0 Å². The fourth-order valence-electron chi connectivity index (χ4n) is 2.16. The number of nitrogens with two attached hydrogens (primary N) is 1. The molecule has 0 spiro atoms. The van der Waals surface area contributed by atoms with Crippen molar-refractivity contribution in [1.82, 2.24) is 0 Å². The smallest absolute Gasteiger partial charge is 0.119 e. The number of hydrogen-bond donors (Lipinski definition) is 1. The highest BCUT2D eigenvalue weighted by Gasteiger charge is 2.23. The maximum Gasteiger partial charge on any atom is 0.119 e. The van der Waals surface area contributed by atoms with Crippen molar-refractivity contribution in [1.29, 1.82) is 0 Å². The lowest BCUT2D eigenvalue weighted by molar-refractivity contribution is 0.0410. The van der Waals surface area contributed by atoms with E-state index >= 15 is 0 Å². The van der Waals surface area contributed by atoms with Gasteiger partial charge in [0.05, 0.1) is 19.3 Å². The Bertz CT molecular complexity index is 315. The first kappa shape index (κ1) is 12.4. The Hall–Kier alpha value is -1.06. The molecule has 1 fully saturated rings. The molecular formula is C14H21NO2. The SMILES string of the molecule is NC1CCCC1OCCCOc1ccccc1. The van der Waals surface area contributed by atoms with Crippen molar-refractivity contribution < 1.29 is 9.47 Å². The highest BCUT2D eigenvalue weighted by atomic mass is 16.5. The average Bonchev–Trinajstić information content (AvgIpc) is 2.76. The Balaban J connectivity index is 1.55. The van der Waals surface area contributed by atoms with E-state index in [2.05, 4.69) is 0 Å². The normalized spacial score (nSPS) is 23.8. The third-order valence-corrected chi connectivity index (χ3v) is 3.14. The molecule has 0 aliphatic heterocycles. The second kappa shape index (κ2) is 6.62. The van der Waals surface area contributed by atoms with E-state index in [0.717, 1.165) is 31.6 Å². The van der Waals surface area contributed by atoms with Gasteiger partial charge in [0.1, 0.15) is 5.75 Å². The molecule has 1 aliphatic rings. The highest BCUT2D eigenvalue weighted by Crippen LogP contribution is 2.20. The van der Waals surface area contributed by atoms with E-state index in [0.29, 0.717) is 6.61 Å². The minimum Gasteiger partial charge on any atom is -0.494 e. The van der Waals surface area contributed by atoms with Crippen LogP contribution in [0.3, 0.4) is 0 Å². The van der Waals surface area contributed by atoms with Crippen LogP contribution in [0, 0.1) is 0 Å². The van der Waals surface area contributed by atoms with E-state index in [-0.39, 0.29) is 12.1 Å². The second-order valence-electron chi connectivity index (χ2n) is 4.52. The molecule has 3 heteroatoms. The van der Waals surface area contributed by atoms with E-state index in [4.69, 9.17) is 15.2 Å². The van der Waals surface area contributed by atoms with Crippen LogP contribution < -0.4 is 10.5 Å². The summed E-state index contributed by atoms with van der Waals surface area (Å²) in [5.74, 6) is 0.921. The summed E-state index contributed by atoms with van der Waals surface area (Å²) < 4.78 is 11.3. The molecule has 0 amide bonds. The summed E-state index contributed by atoms with van der Waals surface area (Å²) in [6.07, 6.45) is 4.60. The summed E-state index contributed by atoms with van der Waals surface area (Å²) >= 11 is 0. The van der Waals surface area contributed by atoms with Crippen molar-refractivity contribution >= 4 is 0 Å². The molecule has 2 N–H and O–H groups in total. The van der Waals surface area contributed by atoms with Gasteiger partial charge in [-0.2, -0.15) is 0 Å². The third kappa shape index (κ3) is 4.02. The molecule has 0 heterocycles. The summed E-state index contributed by atoms with van der Waals surface area (Å²) in [5, 5.41) is 0. The lowest BCUT2D eigenvalue weighted by Gasteiger charge is -2.16. The molecule has 3 nitrogen and oxygen atoms in total. The van der Waals surface area contributed by atoms with Gasteiger partial charge in [-0.05, 0) is 31.4 Å². The van der Waals surface area contributed by atoms with E-state index in [1.165, 1.54) is 6.42 Å². The first-order chi connectivity index (χ1) is 8.36. The Labute approximate surface area is 103 Å². The zero-order valence-corrected chi connectivity index (χ0v) is 10.2. The maximum absolute atomic E-state index is 5.93. The lowest BCUT2D eigenvalue weighted by Crippen LogP contribution is -2.31. The molecule has 1 aromatic carbocycles. The minimum atomic E-state index is 0.241. The van der Waals surface area contributed by atoms with Crippen LogP contribution in [0.4, 0.5) is 0 Å². The highest BCUT2D eigenvalue weighted by molar-refractivity contribution is 5.20. The summed E-state index contributed by atoms with van der Waals surface area (Å²) in [7, 11) is 0. The summed E-state index contributed by atoms with van der Waals surface area (Å²) in [4.78, 5) is 0. The number of benzene rings is 1. The number of ether oxygens (including phenoxy) is 2. The predicted molar refractivity (Wildman–Crippen MR) is 68.1 cm³/mol. The van der Waals surface area contributed by atoms with Gasteiger partial charge in [0.15, 0.2) is 0 Å². The van der Waals surface area contributed by atoms with E-state index < -0.39 is 0 Å². The molecule has 2 unspecified atom stereocenters. The van der Waals surface area contributed by atoms with Gasteiger partial charge < -0.3 is 15.2 Å². The van der Waals surface area contributed by atoms with Gasteiger partial charge in [-0.1, -0.05) is 18.2 Å². The van der Waals surface area contributed by atoms with Gasteiger partial charge >= 0.3 is 0 Å². The van der Waals surface area contributed by atoms with Crippen LogP contribution in [0.1, 0.15) is 25.7 Å². The molecule has 1 aromatic rings. The molecular weight excluding hydrogens is 214 g/mol. The first-order valence-electron chi connectivity index (χ1n) is 6.41. The van der Waals surface area contributed by atoms with Crippen LogP contribution in [0.2, 0.25) is 0 Å². The number of rotatable bonds is 6. The van der Waals surface area contributed by atoms with Crippen LogP contribution in [0.15, 0.2) is 30.3 Å². The fourth-order valence-corrected chi connectivity index (χ4v) is 2.16. The Kier molecular flexibility index (Phi) is 4.83. The van der Waals surface area contributed by atoms with Crippen molar-refractivity contribution in [2.24, 2.45) is 5.73 Å². The molecule has 17 heavy (non-hydrogen) atoms. The van der Waals surface area contributed by atoms with Gasteiger partial charge in [0, 0.05) is 12.5 Å². The summed E-state index contributed by atoms with van der Waals surface area (Å²) in [6.45, 7) is 1.44. The van der Waals surface area contributed by atoms with Crippen LogP contribution in [-0.2, 0) is 4.74 Å². The number of para-hydroxylation sites is 1. The van der Waals surface area contributed by atoms with Crippen LogP contribution in [0.5, 0.6) is 5.75 Å². The van der Waals surface area contributed by atoms with Crippen molar-refractivity contribution in [3.8, 4) is 5.75 Å². The van der Waals surface area contributed by atoms with E-state index in [1.54, 1.807) is 0 Å². The third-order valence-electron chi connectivity index (χ3n) is 3.14. The van der Waals surface area contributed by atoms with Crippen LogP contribution in [-0.4, -0.2) is 25.4 Å². The topological polar surface area (TPSA) is 44.5 Å². The Morgan fingerprint density at radius 3 is 2.65 bits per heavy atom. The summed E-state index contributed by atoms with van der Waals surface area (Å²) in [5.41, 5.74) is 5.93. The van der Waals surface area contributed by atoms with Crippen molar-refractivity contribution in [2.75, 3.05) is 13.2 Å². The average molecular weight is 235 g/mol. The van der Waals surface area contributed by atoms with Gasteiger partial charge in [-0.15, -0.1) is 0 Å². The molecule has 2 atom stereocenters. The molecule has 0 aromatic heterocycles. The fraction of sp³-hybridized carbons (Fsp3) is 0.571. The quantitative estimate of drug-likeness (QED) is 0.770. The maximum atomic E-state index is 5.93. The molecule has 0 saturated heterocycles. The van der Waals surface area contributed by atoms with Crippen molar-refractivity contribution in [3.05, 3.63) is 30.3 Å². The van der Waals surface area contributed by atoms with Gasteiger partial charge in [0.2, 0.25) is 0 Å². The monoisotopic (exact) mass is 235 g/mol. The first-order valence-corrected chi connectivity index (χ1v) is 6.41. The van der Waals surface area contributed by atoms with Crippen LogP contribution >= 0.6 is 0 Å². The largest absolute Gasteiger partial charge is 0.494 e. The molecule has 0 bridgehead atoms. The zero-order valence-electron chi connectivity index (χ0n) is 10.2. The van der Waals surface area contributed by atoms with Crippen LogP contribution in [0.25, 0.3) is 0 Å². The summed E-state index contributed by atoms with van der Waals surface area (Å²) in [6, 6.07) is 10.1. The van der Waals surface area contributed by atoms with Crippen molar-refractivity contribution in [2.45, 2.75) is 37.8 Å². The van der Waals surface area contributed by atoms with Gasteiger partial charge in [0.25, 0.3) is 0 Å². The van der Waals surface area contributed by atoms with Crippen molar-refractivity contribution in [3.63, 3.8) is 0 Å². The van der Waals surface area contributed by atoms with Gasteiger partial charge in [-0.3, -0.25) is 0 Å². The Morgan fingerprint density at radius 1 is 1.12 bits per heavy atom. The van der Waals surface area contributed by atoms with Gasteiger partial charge in [-0.25, -0.2) is 0 Å². The minimum absolute atomic E-state index is 0.241. The standard InChI is InChI=1S/C14H21NO2/c15-13-8-4-9-14(13)17-11-5-10-16-12-6-2-1-3-7-12/h1-3,6-7,13-14H,4-5,8-11,15H2. The molecule has 1 aliphatic carbocycles. The number of hydrogen-bond acceptors (Lipinski definition) is 3. The molecule has 2 rings (SSSR count).